The van der Waals surface area contributed by atoms with E-state index in [0.29, 0.717) is 24.7 Å². The third-order valence-electron chi connectivity index (χ3n) is 21.6. The van der Waals surface area contributed by atoms with Crippen molar-refractivity contribution in [2.45, 2.75) is 183 Å². The Labute approximate surface area is 619 Å². The Hall–Kier alpha value is -9.70. The van der Waals surface area contributed by atoms with Crippen LogP contribution in [-0.4, -0.2) is 170 Å². The third kappa shape index (κ3) is 15.9. The van der Waals surface area contributed by atoms with Crippen molar-refractivity contribution < 1.29 is 97.8 Å². The average Bonchev–Trinajstić information content (AvgIpc) is 1.48. The van der Waals surface area contributed by atoms with Gasteiger partial charge in [0.2, 0.25) is 59.3 Å². The van der Waals surface area contributed by atoms with Crippen LogP contribution in [0.5, 0.6) is 40.2 Å². The summed E-state index contributed by atoms with van der Waals surface area (Å²) in [5.74, 6) is -10.5. The minimum absolute atomic E-state index is 0.00888. The van der Waals surface area contributed by atoms with Gasteiger partial charge in [0.25, 0.3) is 0 Å². The lowest BCUT2D eigenvalue weighted by Gasteiger charge is -2.54. The van der Waals surface area contributed by atoms with E-state index in [4.69, 9.17) is 36.3 Å². The third-order valence-corrected chi connectivity index (χ3v) is 21.9. The zero-order chi connectivity index (χ0) is 76.3. The summed E-state index contributed by atoms with van der Waals surface area (Å²) in [6.45, 7) is 6.39. The number of aliphatic hydroxyl groups excluding tert-OH is 5. The molecule has 0 aromatic heterocycles. The van der Waals surface area contributed by atoms with E-state index in [9.17, 15) is 50.1 Å². The number of aliphatic hydroxyl groups is 5. The summed E-state index contributed by atoms with van der Waals surface area (Å²) in [6.07, 6.45) is -8.11. The van der Waals surface area contributed by atoms with Crippen molar-refractivity contribution >= 4 is 64.9 Å². The number of hydrogen-bond donors (Lipinski definition) is 18. The van der Waals surface area contributed by atoms with Gasteiger partial charge in [0.15, 0.2) is 11.5 Å². The Morgan fingerprint density at radius 2 is 1.28 bits per heavy atom. The minimum atomic E-state index is -2.26. The number of carbonyl (C=O) groups is 9. The van der Waals surface area contributed by atoms with E-state index < -0.39 is 174 Å². The predicted octanol–water partition coefficient (Wildman–Crippen LogP) is 2.45. The number of likely N-dealkylation sites (N-methyl/N-ethyl adjacent to an activating group) is 1. The standard InChI is InChI=1S/C75H88ClN11O20/c1-29(2)14-45(78-5)67(96)86-59-61(91)35-7-12-48(30(3)15-35)104-50-24-39-25-51(66(50)107-74-65(95)64(94)63(93)52(28-77)106-74)105-49-13-8-36(23-44(49)76)62(92)60-73(102)85-58(71(100)82-55-37-18-32-17-33(20-37)21-38(55)19-32)43-26-41(88)16-31(4)54(43)42-22-34(6-11-47(42)89)56(69(98)87-60)84-70(99)57(39)83-68(97)46(80-72(59)101)27-53(90)81-75(103)79-40-9-10-40/h6-8,11-13,15-16,22-26,29,32-33,37-38,40,45-46,52,55-65,74,78,88-89,91-95H,9-10,14,17-21,27-28,77H2,1-5H3,(H,80,101)(H,82,100)(H,83,97)(H,84,99)(H,85,102)(H,86,96)(H,87,98)(H2,79,81,90,103)/t32?,33?,37?,38?,45-,46+,52-,55?,56-,57-,58+,59-,60+,61-,62-,63-,64+,65-,74+/m1/s1. The Kier molecular flexibility index (Phi) is 21.8. The van der Waals surface area contributed by atoms with Crippen LogP contribution in [0.25, 0.3) is 11.1 Å². The lowest BCUT2D eigenvalue weighted by Crippen LogP contribution is -2.60. The zero-order valence-corrected chi connectivity index (χ0v) is 59.8. The van der Waals surface area contributed by atoms with E-state index in [0.717, 1.165) is 44.2 Å². The quantitative estimate of drug-likeness (QED) is 0.0805. The molecule has 107 heavy (non-hydrogen) atoms. The predicted molar refractivity (Wildman–Crippen MR) is 379 cm³/mol. The largest absolute Gasteiger partial charge is 0.508 e. The molecule has 5 aromatic carbocycles. The van der Waals surface area contributed by atoms with E-state index >= 15 is 28.8 Å². The summed E-state index contributed by atoms with van der Waals surface area (Å²) in [7, 11) is 1.51. The van der Waals surface area contributed by atoms with Crippen LogP contribution in [0.3, 0.4) is 0 Å². The highest BCUT2D eigenvalue weighted by molar-refractivity contribution is 6.32. The topological polar surface area (TPSA) is 478 Å². The van der Waals surface area contributed by atoms with Crippen molar-refractivity contribution in [3.05, 3.63) is 123 Å². The van der Waals surface area contributed by atoms with Gasteiger partial charge in [0, 0.05) is 24.2 Å². The first-order valence-electron chi connectivity index (χ1n) is 35.9. The number of ether oxygens (including phenoxy) is 4. The van der Waals surface area contributed by atoms with Crippen LogP contribution in [0, 0.1) is 43.4 Å². The van der Waals surface area contributed by atoms with Gasteiger partial charge in [0.05, 0.1) is 17.5 Å². The SMILES string of the molecule is CN[C@H](CC(C)C)C(=O)N[C@H]1C(=O)N[C@@H](CC(=O)NC(=O)NC2CC2)C(=O)N[C@H]2C(=O)N[C@H]3C(=O)N[C@H](C(=O)N[C@H](C(=O)NC4C5CC6CC(C5)CC4C6)c4cc(O)cc(C)c4-c4cc3ccc4O)[C@H](O)c3ccc(c(Cl)c3)Oc3cc2cc(c3O[C@@H]2O[C@H](CN)[C@@H](O)[C@H](O)[C@H]2O)Oc2ccc(cc2C)[C@H]1O. The molecular formula is C75H88ClN11O20. The second kappa shape index (κ2) is 30.9. The molecule has 15 bridgehead atoms. The van der Waals surface area contributed by atoms with E-state index in [2.05, 4.69) is 53.2 Å². The molecule has 19 N–H and O–H groups in total. The molecule has 31 nitrogen and oxygen atoms in total. The van der Waals surface area contributed by atoms with Gasteiger partial charge in [-0.15, -0.1) is 0 Å². The molecule has 6 aliphatic heterocycles. The molecule has 570 valence electrons. The molecule has 0 radical (unpaired) electrons. The van der Waals surface area contributed by atoms with E-state index in [-0.39, 0.29) is 109 Å². The van der Waals surface area contributed by atoms with Crippen molar-refractivity contribution in [3.63, 3.8) is 0 Å². The number of amides is 10. The molecule has 6 fully saturated rings. The first-order chi connectivity index (χ1) is 51.0. The molecule has 5 aromatic rings. The van der Waals surface area contributed by atoms with Crippen LogP contribution in [0.4, 0.5) is 4.79 Å². The highest BCUT2D eigenvalue weighted by atomic mass is 35.5. The maximum absolute atomic E-state index is 16.3. The number of urea groups is 1. The molecule has 10 amide bonds. The molecule has 0 spiro atoms. The summed E-state index contributed by atoms with van der Waals surface area (Å²) in [6, 6.07) is 1.62. The Morgan fingerprint density at radius 3 is 1.93 bits per heavy atom. The number of rotatable bonds is 13. The number of nitrogens with two attached hydrogens (primary N) is 1. The molecule has 5 saturated carbocycles. The normalized spacial score (nSPS) is 29.8. The number of fused-ring (bicyclic) bond motifs is 15. The first kappa shape index (κ1) is 75.5. The number of halogens is 1. The minimum Gasteiger partial charge on any atom is -0.508 e. The lowest BCUT2D eigenvalue weighted by molar-refractivity contribution is -0.270. The number of benzene rings is 5. The van der Waals surface area contributed by atoms with E-state index in [1.54, 1.807) is 6.92 Å². The fraction of sp³-hybridized carbons (Fsp3) is 0.480. The van der Waals surface area contributed by atoms with Crippen LogP contribution in [0.2, 0.25) is 5.02 Å². The summed E-state index contributed by atoms with van der Waals surface area (Å²) < 4.78 is 25.8. The molecule has 0 unspecified atom stereocenters. The number of nitrogens with one attached hydrogen (secondary N) is 10. The smallest absolute Gasteiger partial charge is 0.321 e. The number of aromatic hydroxyl groups is 2. The van der Waals surface area contributed by atoms with Gasteiger partial charge in [0.1, 0.15) is 95.9 Å². The second-order valence-corrected chi connectivity index (χ2v) is 30.2. The molecule has 32 heteroatoms. The molecule has 11 aliphatic rings. The van der Waals surface area contributed by atoms with Crippen LogP contribution < -0.4 is 73.1 Å². The van der Waals surface area contributed by atoms with Gasteiger partial charge in [-0.2, -0.15) is 0 Å². The van der Waals surface area contributed by atoms with Crippen molar-refractivity contribution in [2.24, 2.45) is 35.3 Å². The van der Waals surface area contributed by atoms with Crippen molar-refractivity contribution in [3.8, 4) is 51.4 Å². The van der Waals surface area contributed by atoms with Crippen LogP contribution in [0.15, 0.2) is 78.9 Å². The van der Waals surface area contributed by atoms with Crippen molar-refractivity contribution in [1.29, 1.82) is 0 Å². The average molecular weight is 1500 g/mol. The summed E-state index contributed by atoms with van der Waals surface area (Å²) in [4.78, 5) is 136. The Bertz CT molecular complexity index is 4340. The van der Waals surface area contributed by atoms with Crippen LogP contribution >= 0.6 is 11.6 Å². The number of aryl methyl sites for hydroxylation is 2. The first-order valence-corrected chi connectivity index (χ1v) is 36.3. The van der Waals surface area contributed by atoms with Crippen LogP contribution in [-0.2, 0) is 43.1 Å². The summed E-state index contributed by atoms with van der Waals surface area (Å²) >= 11 is 7.18. The maximum Gasteiger partial charge on any atom is 0.321 e. The van der Waals surface area contributed by atoms with E-state index in [1.807, 2.05) is 13.8 Å². The van der Waals surface area contributed by atoms with Gasteiger partial charge < -0.3 is 108 Å². The van der Waals surface area contributed by atoms with Crippen LogP contribution in [0.1, 0.15) is 141 Å². The maximum atomic E-state index is 16.3. The number of imide groups is 1. The van der Waals surface area contributed by atoms with Crippen molar-refractivity contribution in [1.82, 2.24) is 53.2 Å². The second-order valence-electron chi connectivity index (χ2n) is 29.8. The van der Waals surface area contributed by atoms with Gasteiger partial charge in [-0.05, 0) is 207 Å². The lowest BCUT2D eigenvalue weighted by atomic mass is 9.54. The molecule has 16 rings (SSSR count). The molecule has 1 saturated heterocycles. The van der Waals surface area contributed by atoms with Crippen molar-refractivity contribution in [2.75, 3.05) is 13.6 Å². The fourth-order valence-electron chi connectivity index (χ4n) is 16.2. The molecule has 14 atom stereocenters. The fourth-order valence-corrected chi connectivity index (χ4v) is 16.5. The number of phenols is 2. The number of carbonyl (C=O) groups excluding carboxylic acids is 9. The highest BCUT2D eigenvalue weighted by Crippen LogP contribution is 2.55. The summed E-state index contributed by atoms with van der Waals surface area (Å²) in [5, 5.41) is 109. The summed E-state index contributed by atoms with van der Waals surface area (Å²) in [5.41, 5.74) is 5.78. The monoisotopic (exact) mass is 1500 g/mol. The van der Waals surface area contributed by atoms with E-state index in [1.165, 1.54) is 80.7 Å². The number of hydrogen-bond acceptors (Lipinski definition) is 22. The zero-order valence-electron chi connectivity index (χ0n) is 59.1. The number of phenolic OH excluding ortho intramolecular Hbond substituents is 2. The Morgan fingerprint density at radius 1 is 0.645 bits per heavy atom. The van der Waals surface area contributed by atoms with Gasteiger partial charge in [-0.25, -0.2) is 4.79 Å². The van der Waals surface area contributed by atoms with Gasteiger partial charge in [-0.3, -0.25) is 43.7 Å². The molecular weight excluding hydrogens is 1410 g/mol. The van der Waals surface area contributed by atoms with Gasteiger partial charge in [-0.1, -0.05) is 43.6 Å². The Balaban J connectivity index is 1.00. The molecule has 6 heterocycles. The highest BCUT2D eigenvalue weighted by Gasteiger charge is 2.51. The molecule has 5 aliphatic carbocycles. The van der Waals surface area contributed by atoms with Gasteiger partial charge >= 0.3 is 6.03 Å².